The molecule has 0 aliphatic rings. The molecule has 0 spiro atoms. The molecule has 2 aromatic carbocycles. The molecule has 6 nitrogen and oxygen atoms in total. The summed E-state index contributed by atoms with van der Waals surface area (Å²) in [6.07, 6.45) is 1.06. The quantitative estimate of drug-likeness (QED) is 0.776. The standard InChI is InChI=1S/C18H21ClN2O4S/c1-4-25-15-11-9-14(10-12-15)21(26(3,23)24)13(2)18(22)20-17-8-6-5-7-16(17)19/h5-13H,4H2,1-3H3,(H,20,22)/t13-/m0/s1. The van der Waals surface area contributed by atoms with Gasteiger partial charge < -0.3 is 10.1 Å². The van der Waals surface area contributed by atoms with Crippen LogP contribution in [0.4, 0.5) is 11.4 Å². The molecule has 0 saturated heterocycles. The number of nitrogens with zero attached hydrogens (tertiary/aromatic N) is 1. The lowest BCUT2D eigenvalue weighted by molar-refractivity contribution is -0.116. The zero-order chi connectivity index (χ0) is 19.3. The average Bonchev–Trinajstić information content (AvgIpc) is 2.57. The number of para-hydroxylation sites is 1. The predicted octanol–water partition coefficient (Wildman–Crippen LogP) is 3.53. The van der Waals surface area contributed by atoms with Crippen LogP contribution in [0.25, 0.3) is 0 Å². The molecule has 0 aromatic heterocycles. The van der Waals surface area contributed by atoms with Crippen molar-refractivity contribution in [1.29, 1.82) is 0 Å². The molecule has 2 rings (SSSR count). The van der Waals surface area contributed by atoms with Gasteiger partial charge in [-0.3, -0.25) is 9.10 Å². The van der Waals surface area contributed by atoms with E-state index in [0.717, 1.165) is 10.6 Å². The van der Waals surface area contributed by atoms with Gasteiger partial charge in [-0.25, -0.2) is 8.42 Å². The largest absolute Gasteiger partial charge is 0.494 e. The molecule has 26 heavy (non-hydrogen) atoms. The molecule has 0 radical (unpaired) electrons. The third-order valence-electron chi connectivity index (χ3n) is 3.62. The minimum absolute atomic E-state index is 0.373. The molecule has 2 aromatic rings. The lowest BCUT2D eigenvalue weighted by atomic mass is 10.2. The smallest absolute Gasteiger partial charge is 0.248 e. The second-order valence-electron chi connectivity index (χ2n) is 5.63. The molecule has 0 bridgehead atoms. The Kier molecular flexibility index (Phi) is 6.50. The maximum atomic E-state index is 12.6. The maximum Gasteiger partial charge on any atom is 0.248 e. The number of sulfonamides is 1. The normalized spacial score (nSPS) is 12.3. The van der Waals surface area contributed by atoms with Crippen LogP contribution in [-0.2, 0) is 14.8 Å². The van der Waals surface area contributed by atoms with E-state index < -0.39 is 22.0 Å². The first-order valence-electron chi connectivity index (χ1n) is 8.01. The molecular formula is C18H21ClN2O4S. The summed E-state index contributed by atoms with van der Waals surface area (Å²) < 4.78 is 31.0. The number of nitrogens with one attached hydrogen (secondary N) is 1. The van der Waals surface area contributed by atoms with Gasteiger partial charge in [0.15, 0.2) is 0 Å². The van der Waals surface area contributed by atoms with Crippen LogP contribution in [-0.4, -0.2) is 33.2 Å². The fraction of sp³-hybridized carbons (Fsp3) is 0.278. The number of amides is 1. The van der Waals surface area contributed by atoms with Gasteiger partial charge in [0.2, 0.25) is 15.9 Å². The Morgan fingerprint density at radius 3 is 2.35 bits per heavy atom. The van der Waals surface area contributed by atoms with Crippen molar-refractivity contribution in [3.63, 3.8) is 0 Å². The summed E-state index contributed by atoms with van der Waals surface area (Å²) in [4.78, 5) is 12.6. The summed E-state index contributed by atoms with van der Waals surface area (Å²) in [5, 5.41) is 3.04. The zero-order valence-electron chi connectivity index (χ0n) is 14.8. The summed E-state index contributed by atoms with van der Waals surface area (Å²) in [7, 11) is -3.69. The summed E-state index contributed by atoms with van der Waals surface area (Å²) in [5.41, 5.74) is 0.795. The lowest BCUT2D eigenvalue weighted by Gasteiger charge is -2.28. The van der Waals surface area contributed by atoms with Crippen molar-refractivity contribution in [2.75, 3.05) is 22.5 Å². The molecule has 140 valence electrons. The van der Waals surface area contributed by atoms with Crippen LogP contribution in [0.2, 0.25) is 5.02 Å². The minimum atomic E-state index is -3.69. The number of benzene rings is 2. The van der Waals surface area contributed by atoms with E-state index in [0.29, 0.717) is 28.8 Å². The van der Waals surface area contributed by atoms with Crippen molar-refractivity contribution >= 4 is 38.9 Å². The highest BCUT2D eigenvalue weighted by Crippen LogP contribution is 2.26. The number of anilines is 2. The Morgan fingerprint density at radius 1 is 1.19 bits per heavy atom. The lowest BCUT2D eigenvalue weighted by Crippen LogP contribution is -2.45. The van der Waals surface area contributed by atoms with E-state index >= 15 is 0 Å². The highest BCUT2D eigenvalue weighted by Gasteiger charge is 2.29. The van der Waals surface area contributed by atoms with Gasteiger partial charge in [0.1, 0.15) is 11.8 Å². The van der Waals surface area contributed by atoms with Crippen molar-refractivity contribution in [3.05, 3.63) is 53.6 Å². The Bertz CT molecular complexity index is 869. The number of rotatable bonds is 7. The Labute approximate surface area is 158 Å². The van der Waals surface area contributed by atoms with Gasteiger partial charge in [-0.05, 0) is 50.2 Å². The van der Waals surface area contributed by atoms with Crippen molar-refractivity contribution in [1.82, 2.24) is 0 Å². The van der Waals surface area contributed by atoms with Gasteiger partial charge in [-0.1, -0.05) is 23.7 Å². The summed E-state index contributed by atoms with van der Waals surface area (Å²) in [6.45, 7) is 3.88. The van der Waals surface area contributed by atoms with Gasteiger partial charge in [-0.15, -0.1) is 0 Å². The first kappa shape index (κ1) is 20.1. The van der Waals surface area contributed by atoms with E-state index in [-0.39, 0.29) is 0 Å². The van der Waals surface area contributed by atoms with Crippen molar-refractivity contribution < 1.29 is 17.9 Å². The predicted molar refractivity (Wildman–Crippen MR) is 104 cm³/mol. The summed E-state index contributed by atoms with van der Waals surface area (Å²) in [6, 6.07) is 12.3. The highest BCUT2D eigenvalue weighted by atomic mass is 35.5. The fourth-order valence-corrected chi connectivity index (χ4v) is 3.82. The monoisotopic (exact) mass is 396 g/mol. The van der Waals surface area contributed by atoms with Gasteiger partial charge in [0.05, 0.1) is 29.3 Å². The van der Waals surface area contributed by atoms with E-state index in [1.165, 1.54) is 6.92 Å². The molecule has 8 heteroatoms. The summed E-state index contributed by atoms with van der Waals surface area (Å²) in [5.74, 6) is 0.135. The first-order valence-corrected chi connectivity index (χ1v) is 10.2. The van der Waals surface area contributed by atoms with E-state index in [1.54, 1.807) is 48.5 Å². The molecule has 0 fully saturated rings. The van der Waals surface area contributed by atoms with Crippen LogP contribution in [0.15, 0.2) is 48.5 Å². The molecule has 0 aliphatic carbocycles. The number of halogens is 1. The second kappa shape index (κ2) is 8.42. The van der Waals surface area contributed by atoms with Crippen LogP contribution in [0, 0.1) is 0 Å². The molecule has 0 saturated carbocycles. The molecule has 1 amide bonds. The Balaban J connectivity index is 2.28. The van der Waals surface area contributed by atoms with Crippen LogP contribution in [0.5, 0.6) is 5.75 Å². The van der Waals surface area contributed by atoms with Gasteiger partial charge >= 0.3 is 0 Å². The van der Waals surface area contributed by atoms with Crippen LogP contribution < -0.4 is 14.4 Å². The Morgan fingerprint density at radius 2 is 1.81 bits per heavy atom. The number of carbonyl (C=O) groups is 1. The van der Waals surface area contributed by atoms with Crippen molar-refractivity contribution in [2.24, 2.45) is 0 Å². The molecule has 1 atom stereocenters. The number of carbonyl (C=O) groups excluding carboxylic acids is 1. The van der Waals surface area contributed by atoms with E-state index in [1.807, 2.05) is 6.92 Å². The van der Waals surface area contributed by atoms with Crippen LogP contribution >= 0.6 is 11.6 Å². The van der Waals surface area contributed by atoms with E-state index in [9.17, 15) is 13.2 Å². The van der Waals surface area contributed by atoms with E-state index in [2.05, 4.69) is 5.32 Å². The van der Waals surface area contributed by atoms with Crippen LogP contribution in [0.1, 0.15) is 13.8 Å². The molecule has 0 aliphatic heterocycles. The average molecular weight is 397 g/mol. The Hall–Kier alpha value is -2.25. The second-order valence-corrected chi connectivity index (χ2v) is 7.90. The highest BCUT2D eigenvalue weighted by molar-refractivity contribution is 7.92. The van der Waals surface area contributed by atoms with Crippen molar-refractivity contribution in [3.8, 4) is 5.75 Å². The number of ether oxygens (including phenoxy) is 1. The van der Waals surface area contributed by atoms with Gasteiger partial charge in [0.25, 0.3) is 0 Å². The molecule has 1 N–H and O–H groups in total. The first-order chi connectivity index (χ1) is 12.2. The summed E-state index contributed by atoms with van der Waals surface area (Å²) >= 11 is 6.05. The topological polar surface area (TPSA) is 75.7 Å². The van der Waals surface area contributed by atoms with Gasteiger partial charge in [-0.2, -0.15) is 0 Å². The maximum absolute atomic E-state index is 12.6. The number of hydrogen-bond acceptors (Lipinski definition) is 4. The minimum Gasteiger partial charge on any atom is -0.494 e. The third-order valence-corrected chi connectivity index (χ3v) is 5.19. The van der Waals surface area contributed by atoms with Gasteiger partial charge in [0, 0.05) is 0 Å². The molecule has 0 heterocycles. The number of hydrogen-bond donors (Lipinski definition) is 1. The molecule has 0 unspecified atom stereocenters. The van der Waals surface area contributed by atoms with E-state index in [4.69, 9.17) is 16.3 Å². The fourth-order valence-electron chi connectivity index (χ4n) is 2.46. The SMILES string of the molecule is CCOc1ccc(N([C@@H](C)C(=O)Nc2ccccc2Cl)S(C)(=O)=O)cc1. The third kappa shape index (κ3) is 4.89. The van der Waals surface area contributed by atoms with Crippen molar-refractivity contribution in [2.45, 2.75) is 19.9 Å². The van der Waals surface area contributed by atoms with Crippen LogP contribution in [0.3, 0.4) is 0 Å². The molecular weight excluding hydrogens is 376 g/mol. The zero-order valence-corrected chi connectivity index (χ0v) is 16.3.